The molecule has 0 saturated heterocycles. The Kier molecular flexibility index (Phi) is 6.05. The Labute approximate surface area is 154 Å². The molecule has 0 aliphatic heterocycles. The zero-order chi connectivity index (χ0) is 19.5. The fourth-order valence-corrected chi connectivity index (χ4v) is 3.81. The minimum absolute atomic E-state index is 0.247. The number of nitrogen functional groups attached to an aromatic ring is 1. The van der Waals surface area contributed by atoms with Crippen LogP contribution in [-0.4, -0.2) is 37.3 Å². The van der Waals surface area contributed by atoms with Crippen LogP contribution in [0.4, 0.5) is 0 Å². The predicted octanol–water partition coefficient (Wildman–Crippen LogP) is 2.66. The SMILES string of the molecule is CC(C)c1ccc(CCN(C)S(=O)(=O)c2cc(C(=N)N)ccc2O)cc1. The topological polar surface area (TPSA) is 107 Å². The highest BCUT2D eigenvalue weighted by Crippen LogP contribution is 2.26. The molecule has 0 bridgehead atoms. The van der Waals surface area contributed by atoms with Crippen LogP contribution >= 0.6 is 0 Å². The van der Waals surface area contributed by atoms with E-state index in [1.807, 2.05) is 12.1 Å². The fourth-order valence-electron chi connectivity index (χ4n) is 2.53. The third-order valence-electron chi connectivity index (χ3n) is 4.32. The van der Waals surface area contributed by atoms with E-state index in [0.717, 1.165) is 5.56 Å². The molecule has 0 atom stereocenters. The summed E-state index contributed by atoms with van der Waals surface area (Å²) in [4.78, 5) is -0.247. The van der Waals surface area contributed by atoms with Gasteiger partial charge in [-0.3, -0.25) is 5.41 Å². The first-order valence-electron chi connectivity index (χ1n) is 8.35. The van der Waals surface area contributed by atoms with Gasteiger partial charge in [0, 0.05) is 19.2 Å². The first-order chi connectivity index (χ1) is 12.1. The Morgan fingerprint density at radius 2 is 1.81 bits per heavy atom. The van der Waals surface area contributed by atoms with Crippen molar-refractivity contribution in [2.75, 3.05) is 13.6 Å². The molecule has 2 aromatic carbocycles. The zero-order valence-corrected chi connectivity index (χ0v) is 16.0. The third-order valence-corrected chi connectivity index (χ3v) is 6.21. The lowest BCUT2D eigenvalue weighted by atomic mass is 10.0. The van der Waals surface area contributed by atoms with Crippen LogP contribution < -0.4 is 5.73 Å². The van der Waals surface area contributed by atoms with E-state index in [9.17, 15) is 13.5 Å². The molecule has 0 amide bonds. The van der Waals surface area contributed by atoms with Gasteiger partial charge in [-0.05, 0) is 41.7 Å². The molecule has 4 N–H and O–H groups in total. The smallest absolute Gasteiger partial charge is 0.246 e. The zero-order valence-electron chi connectivity index (χ0n) is 15.2. The standard InChI is InChI=1S/C19H25N3O3S/c1-13(2)15-6-4-14(5-7-15)10-11-22(3)26(24,25)18-12-16(19(20)21)8-9-17(18)23/h4-9,12-13,23H,10-11H2,1-3H3,(H3,20,21). The van der Waals surface area contributed by atoms with Gasteiger partial charge in [-0.1, -0.05) is 38.1 Å². The van der Waals surface area contributed by atoms with E-state index in [-0.39, 0.29) is 28.6 Å². The highest BCUT2D eigenvalue weighted by atomic mass is 32.2. The lowest BCUT2D eigenvalue weighted by Gasteiger charge is -2.18. The maximum absolute atomic E-state index is 12.7. The van der Waals surface area contributed by atoms with E-state index in [0.29, 0.717) is 12.3 Å². The van der Waals surface area contributed by atoms with Gasteiger partial charge in [-0.25, -0.2) is 12.7 Å². The molecule has 7 heteroatoms. The third kappa shape index (κ3) is 4.42. The number of nitrogens with one attached hydrogen (secondary N) is 1. The summed E-state index contributed by atoms with van der Waals surface area (Å²) in [6.45, 7) is 4.51. The molecule has 6 nitrogen and oxygen atoms in total. The minimum atomic E-state index is -3.89. The van der Waals surface area contributed by atoms with Gasteiger partial charge in [0.25, 0.3) is 0 Å². The summed E-state index contributed by atoms with van der Waals surface area (Å²) in [7, 11) is -2.42. The number of amidine groups is 1. The van der Waals surface area contributed by atoms with Crippen molar-refractivity contribution in [3.8, 4) is 5.75 Å². The maximum Gasteiger partial charge on any atom is 0.246 e. The second kappa shape index (κ2) is 7.88. The summed E-state index contributed by atoms with van der Waals surface area (Å²) in [6.07, 6.45) is 0.557. The van der Waals surface area contributed by atoms with Gasteiger partial charge >= 0.3 is 0 Å². The van der Waals surface area contributed by atoms with Crippen molar-refractivity contribution in [3.05, 3.63) is 59.2 Å². The molecule has 0 radical (unpaired) electrons. The number of hydrogen-bond acceptors (Lipinski definition) is 4. The van der Waals surface area contributed by atoms with Crippen LogP contribution in [0, 0.1) is 5.41 Å². The van der Waals surface area contributed by atoms with Crippen molar-refractivity contribution < 1.29 is 13.5 Å². The number of nitrogens with two attached hydrogens (primary N) is 1. The summed E-state index contributed by atoms with van der Waals surface area (Å²) in [6, 6.07) is 12.0. The van der Waals surface area contributed by atoms with E-state index < -0.39 is 10.0 Å². The molecule has 26 heavy (non-hydrogen) atoms. The van der Waals surface area contributed by atoms with Crippen molar-refractivity contribution >= 4 is 15.9 Å². The highest BCUT2D eigenvalue weighted by molar-refractivity contribution is 7.89. The van der Waals surface area contributed by atoms with Gasteiger partial charge in [0.1, 0.15) is 16.5 Å². The Morgan fingerprint density at radius 3 is 2.35 bits per heavy atom. The maximum atomic E-state index is 12.7. The molecule has 0 heterocycles. The molecule has 0 aliphatic carbocycles. The first kappa shape index (κ1) is 19.9. The number of phenolic OH excluding ortho intramolecular Hbond substituents is 1. The molecule has 0 aliphatic rings. The van der Waals surface area contributed by atoms with Crippen LogP contribution in [-0.2, 0) is 16.4 Å². The molecule has 0 spiro atoms. The second-order valence-corrected chi connectivity index (χ2v) is 8.58. The molecule has 2 aromatic rings. The quantitative estimate of drug-likeness (QED) is 0.511. The van der Waals surface area contributed by atoms with Crippen LogP contribution in [0.5, 0.6) is 5.75 Å². The number of aromatic hydroxyl groups is 1. The monoisotopic (exact) mass is 375 g/mol. The summed E-state index contributed by atoms with van der Waals surface area (Å²) in [5.41, 5.74) is 7.94. The number of likely N-dealkylation sites (N-methyl/N-ethyl adjacent to an activating group) is 1. The predicted molar refractivity (Wildman–Crippen MR) is 103 cm³/mol. The van der Waals surface area contributed by atoms with Crippen molar-refractivity contribution in [2.24, 2.45) is 5.73 Å². The molecular formula is C19H25N3O3S. The Balaban J connectivity index is 2.16. The number of sulfonamides is 1. The summed E-state index contributed by atoms with van der Waals surface area (Å²) < 4.78 is 26.7. The van der Waals surface area contributed by atoms with E-state index in [2.05, 4.69) is 26.0 Å². The van der Waals surface area contributed by atoms with Crippen molar-refractivity contribution in [3.63, 3.8) is 0 Å². The number of hydrogen-bond donors (Lipinski definition) is 3. The first-order valence-corrected chi connectivity index (χ1v) is 9.79. The van der Waals surface area contributed by atoms with Gasteiger partial charge < -0.3 is 10.8 Å². The number of phenols is 1. The van der Waals surface area contributed by atoms with E-state index in [1.165, 1.54) is 35.1 Å². The van der Waals surface area contributed by atoms with Gasteiger partial charge in [-0.15, -0.1) is 0 Å². The van der Waals surface area contributed by atoms with E-state index in [4.69, 9.17) is 11.1 Å². The number of benzene rings is 2. The lowest BCUT2D eigenvalue weighted by molar-refractivity contribution is 0.442. The molecular weight excluding hydrogens is 350 g/mol. The minimum Gasteiger partial charge on any atom is -0.507 e. The van der Waals surface area contributed by atoms with Gasteiger partial charge in [0.2, 0.25) is 10.0 Å². The summed E-state index contributed by atoms with van der Waals surface area (Å²) in [5, 5.41) is 17.4. The summed E-state index contributed by atoms with van der Waals surface area (Å²) >= 11 is 0. The average molecular weight is 375 g/mol. The van der Waals surface area contributed by atoms with Crippen LogP contribution in [0.15, 0.2) is 47.4 Å². The van der Waals surface area contributed by atoms with Gasteiger partial charge in [0.15, 0.2) is 0 Å². The van der Waals surface area contributed by atoms with Gasteiger partial charge in [0.05, 0.1) is 0 Å². The van der Waals surface area contributed by atoms with Crippen LogP contribution in [0.3, 0.4) is 0 Å². The molecule has 0 saturated carbocycles. The normalized spacial score (nSPS) is 11.9. The second-order valence-electron chi connectivity index (χ2n) is 6.57. The molecule has 0 aromatic heterocycles. The average Bonchev–Trinajstić information content (AvgIpc) is 2.59. The number of rotatable bonds is 7. The van der Waals surface area contributed by atoms with Crippen molar-refractivity contribution in [1.82, 2.24) is 4.31 Å². The van der Waals surface area contributed by atoms with Crippen molar-refractivity contribution in [1.29, 1.82) is 5.41 Å². The van der Waals surface area contributed by atoms with Crippen LogP contribution in [0.1, 0.15) is 36.5 Å². The van der Waals surface area contributed by atoms with Gasteiger partial charge in [-0.2, -0.15) is 0 Å². The molecule has 0 fully saturated rings. The Morgan fingerprint density at radius 1 is 1.19 bits per heavy atom. The molecule has 2 rings (SSSR count). The fraction of sp³-hybridized carbons (Fsp3) is 0.316. The lowest BCUT2D eigenvalue weighted by Crippen LogP contribution is -2.29. The van der Waals surface area contributed by atoms with Crippen molar-refractivity contribution in [2.45, 2.75) is 31.1 Å². The summed E-state index contributed by atoms with van der Waals surface area (Å²) in [5.74, 6) is -0.166. The molecule has 0 unspecified atom stereocenters. The Bertz CT molecular complexity index is 891. The highest BCUT2D eigenvalue weighted by Gasteiger charge is 2.24. The largest absolute Gasteiger partial charge is 0.507 e. The van der Waals surface area contributed by atoms with Crippen LogP contribution in [0.2, 0.25) is 0 Å². The van der Waals surface area contributed by atoms with E-state index >= 15 is 0 Å². The Hall–Kier alpha value is -2.38. The molecule has 140 valence electrons. The van der Waals surface area contributed by atoms with Crippen LogP contribution in [0.25, 0.3) is 0 Å². The van der Waals surface area contributed by atoms with E-state index in [1.54, 1.807) is 0 Å². The number of nitrogens with zero attached hydrogens (tertiary/aromatic N) is 1.